The van der Waals surface area contributed by atoms with Crippen LogP contribution in [0.1, 0.15) is 17.8 Å². The zero-order valence-corrected chi connectivity index (χ0v) is 13.7. The predicted octanol–water partition coefficient (Wildman–Crippen LogP) is 2.30. The summed E-state index contributed by atoms with van der Waals surface area (Å²) < 4.78 is 10.8. The van der Waals surface area contributed by atoms with Gasteiger partial charge in [0, 0.05) is 24.7 Å². The molecular weight excluding hydrogens is 327 g/mol. The van der Waals surface area contributed by atoms with E-state index in [4.69, 9.17) is 20.9 Å². The molecule has 1 N–H and O–H groups in total. The molecule has 1 aliphatic heterocycles. The van der Waals surface area contributed by atoms with Gasteiger partial charge in [0.25, 0.3) is 5.89 Å². The molecule has 0 saturated carbocycles. The van der Waals surface area contributed by atoms with Crippen LogP contribution >= 0.6 is 24.0 Å². The van der Waals surface area contributed by atoms with Crippen LogP contribution in [0.5, 0.6) is 5.75 Å². The first-order valence-electron chi connectivity index (χ1n) is 6.84. The van der Waals surface area contributed by atoms with Crippen LogP contribution in [0.3, 0.4) is 0 Å². The normalized spacial score (nSPS) is 18.7. The fourth-order valence-corrected chi connectivity index (χ4v) is 2.36. The maximum absolute atomic E-state index is 5.82. The van der Waals surface area contributed by atoms with E-state index in [-0.39, 0.29) is 25.1 Å². The third-order valence-electron chi connectivity index (χ3n) is 3.47. The van der Waals surface area contributed by atoms with Crippen molar-refractivity contribution in [1.29, 1.82) is 0 Å². The van der Waals surface area contributed by atoms with Gasteiger partial charge in [-0.25, -0.2) is 0 Å². The largest absolute Gasteiger partial charge is 0.484 e. The second-order valence-corrected chi connectivity index (χ2v) is 5.43. The smallest absolute Gasteiger partial charge is 0.264 e. The summed E-state index contributed by atoms with van der Waals surface area (Å²) in [7, 11) is 2.06. The van der Waals surface area contributed by atoms with Gasteiger partial charge in [-0.15, -0.1) is 12.4 Å². The van der Waals surface area contributed by atoms with Gasteiger partial charge >= 0.3 is 0 Å². The van der Waals surface area contributed by atoms with E-state index >= 15 is 0 Å². The highest BCUT2D eigenvalue weighted by atomic mass is 35.5. The van der Waals surface area contributed by atoms with Gasteiger partial charge in [-0.05, 0) is 31.3 Å². The molecule has 0 radical (unpaired) electrons. The molecule has 0 bridgehead atoms. The summed E-state index contributed by atoms with van der Waals surface area (Å²) >= 11 is 5.82. The van der Waals surface area contributed by atoms with Gasteiger partial charge in [0.15, 0.2) is 12.4 Å². The van der Waals surface area contributed by atoms with Gasteiger partial charge in [0.05, 0.1) is 6.04 Å². The molecule has 1 aromatic heterocycles. The van der Waals surface area contributed by atoms with E-state index in [1.807, 2.05) is 0 Å². The average molecular weight is 345 g/mol. The fourth-order valence-electron chi connectivity index (χ4n) is 2.23. The van der Waals surface area contributed by atoms with Crippen molar-refractivity contribution in [1.82, 2.24) is 20.4 Å². The summed E-state index contributed by atoms with van der Waals surface area (Å²) in [5.41, 5.74) is 0. The number of piperazine rings is 1. The molecule has 8 heteroatoms. The maximum atomic E-state index is 5.82. The lowest BCUT2D eigenvalue weighted by molar-refractivity contribution is 0.189. The van der Waals surface area contributed by atoms with E-state index in [1.54, 1.807) is 24.3 Å². The van der Waals surface area contributed by atoms with Crippen molar-refractivity contribution in [3.63, 3.8) is 0 Å². The van der Waals surface area contributed by atoms with Gasteiger partial charge in [-0.2, -0.15) is 4.98 Å². The molecule has 120 valence electrons. The summed E-state index contributed by atoms with van der Waals surface area (Å²) in [6.07, 6.45) is 0. The van der Waals surface area contributed by atoms with Gasteiger partial charge in [0.2, 0.25) is 0 Å². The Morgan fingerprint density at radius 3 is 2.91 bits per heavy atom. The highest BCUT2D eigenvalue weighted by Gasteiger charge is 2.25. The number of aromatic nitrogens is 2. The van der Waals surface area contributed by atoms with Crippen LogP contribution in [-0.4, -0.2) is 41.7 Å². The molecule has 3 rings (SSSR count). The first-order valence-corrected chi connectivity index (χ1v) is 7.22. The Labute approximate surface area is 140 Å². The molecule has 22 heavy (non-hydrogen) atoms. The van der Waals surface area contributed by atoms with Gasteiger partial charge < -0.3 is 14.6 Å². The first kappa shape index (κ1) is 17.0. The quantitative estimate of drug-likeness (QED) is 0.918. The Balaban J connectivity index is 0.00000176. The number of halogens is 2. The highest BCUT2D eigenvalue weighted by Crippen LogP contribution is 2.19. The molecule has 1 aromatic carbocycles. The Bertz CT molecular complexity index is 591. The second-order valence-electron chi connectivity index (χ2n) is 4.99. The summed E-state index contributed by atoms with van der Waals surface area (Å²) in [6.45, 7) is 3.03. The summed E-state index contributed by atoms with van der Waals surface area (Å²) in [4.78, 5) is 6.62. The van der Waals surface area contributed by atoms with Crippen LogP contribution < -0.4 is 10.1 Å². The third-order valence-corrected chi connectivity index (χ3v) is 3.72. The molecular formula is C14H18Cl2N4O2. The van der Waals surface area contributed by atoms with E-state index in [9.17, 15) is 0 Å². The number of hydrogen-bond acceptors (Lipinski definition) is 6. The number of benzene rings is 1. The van der Waals surface area contributed by atoms with Crippen molar-refractivity contribution in [2.45, 2.75) is 12.6 Å². The standard InChI is InChI=1S/C14H17ClN4O2.ClH/c1-19-7-6-16-8-12(19)14-17-13(21-18-14)9-20-11-4-2-10(15)3-5-11;/h2-5,12,16H,6-9H2,1H3;1H. The third kappa shape index (κ3) is 4.10. The van der Waals surface area contributed by atoms with Crippen LogP contribution in [0.25, 0.3) is 0 Å². The average Bonchev–Trinajstić information content (AvgIpc) is 2.96. The molecule has 1 atom stereocenters. The van der Waals surface area contributed by atoms with Crippen LogP contribution in [0, 0.1) is 0 Å². The van der Waals surface area contributed by atoms with Crippen LogP contribution in [0.4, 0.5) is 0 Å². The van der Waals surface area contributed by atoms with Crippen molar-refractivity contribution in [2.24, 2.45) is 0 Å². The Morgan fingerprint density at radius 2 is 2.18 bits per heavy atom. The molecule has 1 saturated heterocycles. The molecule has 0 amide bonds. The van der Waals surface area contributed by atoms with Crippen molar-refractivity contribution in [2.75, 3.05) is 26.7 Å². The van der Waals surface area contributed by atoms with E-state index in [0.717, 1.165) is 25.4 Å². The first-order chi connectivity index (χ1) is 10.2. The fraction of sp³-hybridized carbons (Fsp3) is 0.429. The summed E-state index contributed by atoms with van der Waals surface area (Å²) in [6, 6.07) is 7.31. The number of likely N-dealkylation sites (N-methyl/N-ethyl adjacent to an activating group) is 1. The lowest BCUT2D eigenvalue weighted by Crippen LogP contribution is -2.44. The van der Waals surface area contributed by atoms with Crippen LogP contribution in [-0.2, 0) is 6.61 Å². The minimum absolute atomic E-state index is 0. The van der Waals surface area contributed by atoms with E-state index in [0.29, 0.717) is 16.7 Å². The van der Waals surface area contributed by atoms with E-state index in [2.05, 4.69) is 27.4 Å². The van der Waals surface area contributed by atoms with Gasteiger partial charge in [-0.1, -0.05) is 16.8 Å². The molecule has 2 heterocycles. The van der Waals surface area contributed by atoms with Gasteiger partial charge in [0.1, 0.15) is 5.75 Å². The lowest BCUT2D eigenvalue weighted by Gasteiger charge is -2.30. The van der Waals surface area contributed by atoms with Gasteiger partial charge in [-0.3, -0.25) is 4.90 Å². The zero-order chi connectivity index (χ0) is 14.7. The van der Waals surface area contributed by atoms with Crippen LogP contribution in [0.15, 0.2) is 28.8 Å². The van der Waals surface area contributed by atoms with Crippen molar-refractivity contribution >= 4 is 24.0 Å². The molecule has 0 spiro atoms. The minimum atomic E-state index is 0. The second kappa shape index (κ2) is 7.78. The summed E-state index contributed by atoms with van der Waals surface area (Å²) in [5, 5.41) is 8.05. The van der Waals surface area contributed by atoms with Crippen molar-refractivity contribution < 1.29 is 9.26 Å². The summed E-state index contributed by atoms with van der Waals surface area (Å²) in [5.74, 6) is 1.88. The van der Waals surface area contributed by atoms with E-state index < -0.39 is 0 Å². The Hall–Kier alpha value is -1.34. The Kier molecular flexibility index (Phi) is 6.02. The number of nitrogens with one attached hydrogen (secondary N) is 1. The lowest BCUT2D eigenvalue weighted by atomic mass is 10.2. The van der Waals surface area contributed by atoms with E-state index in [1.165, 1.54) is 0 Å². The molecule has 6 nitrogen and oxygen atoms in total. The number of rotatable bonds is 4. The zero-order valence-electron chi connectivity index (χ0n) is 12.2. The number of nitrogens with zero attached hydrogens (tertiary/aromatic N) is 3. The van der Waals surface area contributed by atoms with Crippen LogP contribution in [0.2, 0.25) is 5.02 Å². The number of ether oxygens (including phenoxy) is 1. The molecule has 1 fully saturated rings. The minimum Gasteiger partial charge on any atom is -0.484 e. The molecule has 2 aromatic rings. The highest BCUT2D eigenvalue weighted by molar-refractivity contribution is 6.30. The molecule has 0 aliphatic carbocycles. The monoisotopic (exact) mass is 344 g/mol. The predicted molar refractivity (Wildman–Crippen MR) is 85.6 cm³/mol. The SMILES string of the molecule is CN1CCNCC1c1noc(COc2ccc(Cl)cc2)n1.Cl. The van der Waals surface area contributed by atoms with Crippen molar-refractivity contribution in [3.8, 4) is 5.75 Å². The maximum Gasteiger partial charge on any atom is 0.264 e. The Morgan fingerprint density at radius 1 is 1.41 bits per heavy atom. The number of hydrogen-bond donors (Lipinski definition) is 1. The topological polar surface area (TPSA) is 63.4 Å². The molecule has 1 aliphatic rings. The molecule has 1 unspecified atom stereocenters. The van der Waals surface area contributed by atoms with Crippen molar-refractivity contribution in [3.05, 3.63) is 41.0 Å².